The number of likely N-dealkylation sites (N-methyl/N-ethyl adjacent to an activating group) is 1. The second-order valence-electron chi connectivity index (χ2n) is 6.95. The van der Waals surface area contributed by atoms with E-state index in [1.165, 1.54) is 0 Å². The van der Waals surface area contributed by atoms with Crippen molar-refractivity contribution in [3.63, 3.8) is 0 Å². The Hall–Kier alpha value is -3.77. The summed E-state index contributed by atoms with van der Waals surface area (Å²) in [6, 6.07) is 12.6. The van der Waals surface area contributed by atoms with Crippen molar-refractivity contribution in [2.24, 2.45) is 4.99 Å². The second kappa shape index (κ2) is 9.82. The molecule has 0 spiro atoms. The van der Waals surface area contributed by atoms with Crippen molar-refractivity contribution >= 4 is 46.6 Å². The van der Waals surface area contributed by atoms with E-state index >= 15 is 0 Å². The lowest BCUT2D eigenvalue weighted by molar-refractivity contribution is -0.117. The molecule has 0 radical (unpaired) electrons. The van der Waals surface area contributed by atoms with Crippen LogP contribution in [0.2, 0.25) is 5.02 Å². The van der Waals surface area contributed by atoms with Gasteiger partial charge < -0.3 is 25.8 Å². The molecule has 0 aromatic heterocycles. The molecule has 3 rings (SSSR count). The Bertz CT molecular complexity index is 1020. The van der Waals surface area contributed by atoms with Gasteiger partial charge in [0, 0.05) is 42.2 Å². The van der Waals surface area contributed by atoms with Crippen molar-refractivity contribution in [1.82, 2.24) is 10.2 Å². The lowest BCUT2D eigenvalue weighted by atomic mass is 10.2. The molecule has 1 fully saturated rings. The van der Waals surface area contributed by atoms with E-state index in [9.17, 15) is 9.59 Å². The minimum absolute atomic E-state index is 0.355. The molecule has 0 bridgehead atoms. The molecule has 2 aromatic rings. The predicted molar refractivity (Wildman–Crippen MR) is 121 cm³/mol. The quantitative estimate of drug-likeness (QED) is 0.619. The summed E-state index contributed by atoms with van der Waals surface area (Å²) < 4.78 is 0. The molecule has 1 atom stereocenters. The first kappa shape index (κ1) is 21.9. The van der Waals surface area contributed by atoms with Gasteiger partial charge in [-0.15, -0.1) is 4.99 Å². The van der Waals surface area contributed by atoms with Gasteiger partial charge in [0.1, 0.15) is 6.04 Å². The number of carbonyl (C=O) groups excluding carboxylic acids is 2. The van der Waals surface area contributed by atoms with Crippen molar-refractivity contribution in [2.45, 2.75) is 13.0 Å². The number of nitriles is 1. The SMILES string of the molecule is CC(NC(=O)Nc1ccc(Cl)cc1)C(=O)Nc1ccc(N2CCN(C)C2=NC#N)cc1. The molecule has 1 heterocycles. The van der Waals surface area contributed by atoms with Crippen LogP contribution in [0.25, 0.3) is 0 Å². The number of benzene rings is 2. The van der Waals surface area contributed by atoms with Crippen molar-refractivity contribution in [3.8, 4) is 6.19 Å². The van der Waals surface area contributed by atoms with Crippen LogP contribution >= 0.6 is 11.6 Å². The summed E-state index contributed by atoms with van der Waals surface area (Å²) in [5, 5.41) is 17.4. The summed E-state index contributed by atoms with van der Waals surface area (Å²) in [4.78, 5) is 32.2. The Balaban J connectivity index is 1.55. The van der Waals surface area contributed by atoms with Gasteiger partial charge >= 0.3 is 6.03 Å². The Morgan fingerprint density at radius 1 is 1.06 bits per heavy atom. The van der Waals surface area contributed by atoms with Crippen molar-refractivity contribution in [1.29, 1.82) is 5.26 Å². The number of amides is 3. The number of guanidine groups is 1. The van der Waals surface area contributed by atoms with Crippen molar-refractivity contribution in [2.75, 3.05) is 35.7 Å². The number of hydrogen-bond donors (Lipinski definition) is 3. The number of halogens is 1. The van der Waals surface area contributed by atoms with Crippen LogP contribution in [0, 0.1) is 11.5 Å². The van der Waals surface area contributed by atoms with E-state index in [1.54, 1.807) is 43.3 Å². The average molecular weight is 440 g/mol. The standard InChI is InChI=1S/C21H22ClN7O2/c1-14(25-20(31)27-17-5-3-15(22)4-6-17)19(30)26-16-7-9-18(10-8-16)29-12-11-28(2)21(29)24-13-23/h3-10,14H,11-12H2,1-2H3,(H,26,30)(H2,25,27,31). The van der Waals surface area contributed by atoms with E-state index in [4.69, 9.17) is 16.9 Å². The molecule has 3 N–H and O–H groups in total. The Kier molecular flexibility index (Phi) is 6.95. The summed E-state index contributed by atoms with van der Waals surface area (Å²) in [5.74, 6) is 0.232. The summed E-state index contributed by atoms with van der Waals surface area (Å²) in [6.45, 7) is 3.07. The fourth-order valence-electron chi connectivity index (χ4n) is 3.03. The molecular formula is C21H22ClN7O2. The molecule has 0 aliphatic carbocycles. The second-order valence-corrected chi connectivity index (χ2v) is 7.38. The highest BCUT2D eigenvalue weighted by atomic mass is 35.5. The number of carbonyl (C=O) groups is 2. The fourth-order valence-corrected chi connectivity index (χ4v) is 3.15. The lowest BCUT2D eigenvalue weighted by Gasteiger charge is -2.20. The zero-order valence-electron chi connectivity index (χ0n) is 17.1. The molecule has 0 saturated carbocycles. The lowest BCUT2D eigenvalue weighted by Crippen LogP contribution is -2.43. The van der Waals surface area contributed by atoms with Crippen LogP contribution in [0.3, 0.4) is 0 Å². The van der Waals surface area contributed by atoms with Gasteiger partial charge in [-0.1, -0.05) is 11.6 Å². The van der Waals surface area contributed by atoms with Crippen LogP contribution in [0.4, 0.5) is 21.9 Å². The van der Waals surface area contributed by atoms with Gasteiger partial charge in [0.05, 0.1) is 0 Å². The van der Waals surface area contributed by atoms with E-state index in [1.807, 2.05) is 35.2 Å². The molecule has 2 aromatic carbocycles. The Morgan fingerprint density at radius 2 is 1.68 bits per heavy atom. The first-order valence-electron chi connectivity index (χ1n) is 9.57. The van der Waals surface area contributed by atoms with Gasteiger partial charge in [-0.3, -0.25) is 4.79 Å². The normalized spacial score (nSPS) is 15.4. The van der Waals surface area contributed by atoms with Crippen LogP contribution in [-0.2, 0) is 4.79 Å². The topological polar surface area (TPSA) is 113 Å². The molecule has 1 unspecified atom stereocenters. The highest BCUT2D eigenvalue weighted by Gasteiger charge is 2.25. The largest absolute Gasteiger partial charge is 0.343 e. The zero-order valence-corrected chi connectivity index (χ0v) is 17.8. The number of urea groups is 1. The molecule has 1 saturated heterocycles. The van der Waals surface area contributed by atoms with Gasteiger partial charge in [0.25, 0.3) is 0 Å². The molecular weight excluding hydrogens is 418 g/mol. The molecule has 1 aliphatic rings. The number of rotatable bonds is 5. The predicted octanol–water partition coefficient (Wildman–Crippen LogP) is 3.08. The van der Waals surface area contributed by atoms with Gasteiger partial charge in [0.2, 0.25) is 18.1 Å². The molecule has 9 nitrogen and oxygen atoms in total. The van der Waals surface area contributed by atoms with Crippen LogP contribution in [0.5, 0.6) is 0 Å². The minimum atomic E-state index is -0.756. The van der Waals surface area contributed by atoms with Crippen molar-refractivity contribution in [3.05, 3.63) is 53.6 Å². The smallest absolute Gasteiger partial charge is 0.319 e. The van der Waals surface area contributed by atoms with Gasteiger partial charge in [-0.25, -0.2) is 4.79 Å². The van der Waals surface area contributed by atoms with E-state index in [-0.39, 0.29) is 5.91 Å². The fraction of sp³-hybridized carbons (Fsp3) is 0.238. The minimum Gasteiger partial charge on any atom is -0.343 e. The van der Waals surface area contributed by atoms with Crippen LogP contribution in [-0.4, -0.2) is 49.0 Å². The maximum atomic E-state index is 12.4. The summed E-state index contributed by atoms with van der Waals surface area (Å²) >= 11 is 5.82. The number of hydrogen-bond acceptors (Lipinski definition) is 4. The highest BCUT2D eigenvalue weighted by Crippen LogP contribution is 2.22. The van der Waals surface area contributed by atoms with E-state index in [0.29, 0.717) is 28.9 Å². The number of nitrogens with zero attached hydrogens (tertiary/aromatic N) is 4. The molecule has 160 valence electrons. The third-order valence-electron chi connectivity index (χ3n) is 4.68. The summed E-state index contributed by atoms with van der Waals surface area (Å²) in [6.07, 6.45) is 1.83. The molecule has 1 aliphatic heterocycles. The number of nitrogens with one attached hydrogen (secondary N) is 3. The molecule has 31 heavy (non-hydrogen) atoms. The Labute approximate surface area is 185 Å². The van der Waals surface area contributed by atoms with Crippen molar-refractivity contribution < 1.29 is 9.59 Å². The third kappa shape index (κ3) is 5.65. The monoisotopic (exact) mass is 439 g/mol. The van der Waals surface area contributed by atoms with Gasteiger partial charge in [0.15, 0.2) is 0 Å². The van der Waals surface area contributed by atoms with E-state index < -0.39 is 12.1 Å². The maximum absolute atomic E-state index is 12.4. The first-order valence-corrected chi connectivity index (χ1v) is 9.94. The third-order valence-corrected chi connectivity index (χ3v) is 4.93. The Morgan fingerprint density at radius 3 is 2.32 bits per heavy atom. The molecule has 10 heteroatoms. The summed E-state index contributed by atoms with van der Waals surface area (Å²) in [5.41, 5.74) is 2.02. The van der Waals surface area contributed by atoms with Crippen LogP contribution < -0.4 is 20.9 Å². The zero-order chi connectivity index (χ0) is 22.4. The van der Waals surface area contributed by atoms with Crippen LogP contribution in [0.1, 0.15) is 6.92 Å². The molecule has 3 amide bonds. The average Bonchev–Trinajstić information content (AvgIpc) is 3.11. The summed E-state index contributed by atoms with van der Waals surface area (Å²) in [7, 11) is 1.88. The van der Waals surface area contributed by atoms with Gasteiger partial charge in [-0.05, 0) is 55.5 Å². The maximum Gasteiger partial charge on any atom is 0.319 e. The number of aliphatic imine (C=N–C) groups is 1. The van der Waals surface area contributed by atoms with Crippen LogP contribution in [0.15, 0.2) is 53.5 Å². The van der Waals surface area contributed by atoms with E-state index in [2.05, 4.69) is 20.9 Å². The van der Waals surface area contributed by atoms with E-state index in [0.717, 1.165) is 12.2 Å². The van der Waals surface area contributed by atoms with Gasteiger partial charge in [-0.2, -0.15) is 5.26 Å². The number of anilines is 3. The first-order chi connectivity index (χ1) is 14.9. The highest BCUT2D eigenvalue weighted by molar-refractivity contribution is 6.30.